The minimum Gasteiger partial charge on any atom is -0.482 e. The molecule has 9 nitrogen and oxygen atoms in total. The quantitative estimate of drug-likeness (QED) is 0.591. The van der Waals surface area contributed by atoms with Gasteiger partial charge >= 0.3 is 0 Å². The maximum atomic E-state index is 13.1. The summed E-state index contributed by atoms with van der Waals surface area (Å²) in [5.74, 6) is -2.70. The molecule has 28 heavy (non-hydrogen) atoms. The standard InChI is InChI=1S/C19H12N2O7/c22-17-10-5-1-2-6-11(10)18(23)19-16(17)15(14(9-28-19)21(26)27)12-7-3-4-8-13(12)20(24)25/h1-8,14-15H,9H2/t14-,15+/m0/s1. The van der Waals surface area contributed by atoms with Crippen LogP contribution in [0, 0.1) is 20.2 Å². The third kappa shape index (κ3) is 2.48. The first-order valence-electron chi connectivity index (χ1n) is 8.34. The van der Waals surface area contributed by atoms with E-state index in [1.807, 2.05) is 0 Å². The molecular formula is C19H12N2O7. The largest absolute Gasteiger partial charge is 0.482 e. The number of Topliss-reactive ketones (excluding diaryl/α,β-unsaturated/α-hetero) is 2. The van der Waals surface area contributed by atoms with Crippen LogP contribution in [0.3, 0.4) is 0 Å². The number of benzene rings is 2. The molecule has 2 aromatic rings. The second-order valence-corrected chi connectivity index (χ2v) is 6.40. The lowest BCUT2D eigenvalue weighted by Crippen LogP contribution is -2.42. The van der Waals surface area contributed by atoms with Crippen molar-refractivity contribution in [3.8, 4) is 0 Å². The molecule has 0 spiro atoms. The molecule has 1 aliphatic carbocycles. The van der Waals surface area contributed by atoms with E-state index < -0.39 is 40.0 Å². The first-order valence-corrected chi connectivity index (χ1v) is 8.34. The van der Waals surface area contributed by atoms with Gasteiger partial charge in [0.05, 0.1) is 16.4 Å². The SMILES string of the molecule is O=C1C2=C(C(=O)c3ccccc31)[C@H](c1ccccc1[N+](=O)[O-])[C@@H]([N+](=O)[O-])CO2. The molecule has 2 atom stereocenters. The number of nitro groups is 2. The Balaban J connectivity index is 1.99. The van der Waals surface area contributed by atoms with Gasteiger partial charge in [0.25, 0.3) is 11.7 Å². The smallest absolute Gasteiger partial charge is 0.273 e. The van der Waals surface area contributed by atoms with Gasteiger partial charge in [0.2, 0.25) is 5.78 Å². The van der Waals surface area contributed by atoms with Crippen molar-refractivity contribution in [2.45, 2.75) is 12.0 Å². The molecule has 140 valence electrons. The van der Waals surface area contributed by atoms with Gasteiger partial charge in [0.15, 0.2) is 18.1 Å². The Morgan fingerprint density at radius 1 is 0.893 bits per heavy atom. The van der Waals surface area contributed by atoms with Gasteiger partial charge in [-0.05, 0) is 0 Å². The van der Waals surface area contributed by atoms with Crippen LogP contribution in [0.1, 0.15) is 32.2 Å². The lowest BCUT2D eigenvalue weighted by Gasteiger charge is -2.32. The molecule has 4 rings (SSSR count). The summed E-state index contributed by atoms with van der Waals surface area (Å²) in [6.45, 7) is -0.469. The Hall–Kier alpha value is -3.88. The number of ether oxygens (including phenoxy) is 1. The Bertz CT molecular complexity index is 1090. The van der Waals surface area contributed by atoms with Gasteiger partial charge in [-0.3, -0.25) is 29.8 Å². The molecule has 0 N–H and O–H groups in total. The number of carbonyl (C=O) groups is 2. The highest BCUT2D eigenvalue weighted by Gasteiger charge is 2.50. The number of ketones is 2. The molecule has 0 bridgehead atoms. The van der Waals surface area contributed by atoms with Gasteiger partial charge in [0, 0.05) is 27.7 Å². The summed E-state index contributed by atoms with van der Waals surface area (Å²) in [4.78, 5) is 47.8. The van der Waals surface area contributed by atoms with Crippen LogP contribution in [-0.2, 0) is 4.74 Å². The fourth-order valence-electron chi connectivity index (χ4n) is 3.72. The van der Waals surface area contributed by atoms with Crippen molar-refractivity contribution in [1.82, 2.24) is 0 Å². The van der Waals surface area contributed by atoms with Crippen LogP contribution in [0.2, 0.25) is 0 Å². The molecule has 0 saturated heterocycles. The van der Waals surface area contributed by atoms with Crippen molar-refractivity contribution >= 4 is 17.3 Å². The van der Waals surface area contributed by atoms with Gasteiger partial charge in [-0.1, -0.05) is 42.5 Å². The van der Waals surface area contributed by atoms with Gasteiger partial charge in [-0.2, -0.15) is 0 Å². The zero-order valence-electron chi connectivity index (χ0n) is 14.2. The minimum absolute atomic E-state index is 0.00512. The van der Waals surface area contributed by atoms with E-state index in [4.69, 9.17) is 4.74 Å². The van der Waals surface area contributed by atoms with Crippen molar-refractivity contribution in [2.75, 3.05) is 6.61 Å². The van der Waals surface area contributed by atoms with Crippen molar-refractivity contribution < 1.29 is 24.2 Å². The van der Waals surface area contributed by atoms with Gasteiger partial charge in [-0.25, -0.2) is 0 Å². The molecule has 2 aromatic carbocycles. The number of nitro benzene ring substituents is 1. The average Bonchev–Trinajstić information content (AvgIpc) is 2.70. The van der Waals surface area contributed by atoms with Gasteiger partial charge in [0.1, 0.15) is 0 Å². The molecule has 1 heterocycles. The second-order valence-electron chi connectivity index (χ2n) is 6.40. The molecule has 0 fully saturated rings. The van der Waals surface area contributed by atoms with E-state index in [2.05, 4.69) is 0 Å². The summed E-state index contributed by atoms with van der Waals surface area (Å²) in [7, 11) is 0. The van der Waals surface area contributed by atoms with Crippen LogP contribution in [0.15, 0.2) is 59.9 Å². The van der Waals surface area contributed by atoms with Gasteiger partial charge in [-0.15, -0.1) is 0 Å². The Labute approximate surface area is 157 Å². The second kappa shape index (κ2) is 6.38. The third-order valence-electron chi connectivity index (χ3n) is 4.95. The predicted molar refractivity (Wildman–Crippen MR) is 94.7 cm³/mol. The van der Waals surface area contributed by atoms with Crippen molar-refractivity contribution in [1.29, 1.82) is 0 Å². The zero-order valence-corrected chi connectivity index (χ0v) is 14.2. The number of fused-ring (bicyclic) bond motifs is 1. The number of hydrogen-bond donors (Lipinski definition) is 0. The highest BCUT2D eigenvalue weighted by atomic mass is 16.6. The molecule has 2 aliphatic rings. The Morgan fingerprint density at radius 3 is 2.14 bits per heavy atom. The predicted octanol–water partition coefficient (Wildman–Crippen LogP) is 2.69. The number of para-hydroxylation sites is 1. The van der Waals surface area contributed by atoms with Crippen LogP contribution in [0.5, 0.6) is 0 Å². The fourth-order valence-corrected chi connectivity index (χ4v) is 3.72. The molecule has 0 aromatic heterocycles. The maximum absolute atomic E-state index is 13.1. The first-order chi connectivity index (χ1) is 13.4. The number of hydrogen-bond acceptors (Lipinski definition) is 7. The topological polar surface area (TPSA) is 130 Å². The summed E-state index contributed by atoms with van der Waals surface area (Å²) >= 11 is 0. The fraction of sp³-hybridized carbons (Fsp3) is 0.158. The minimum atomic E-state index is -1.44. The van der Waals surface area contributed by atoms with Crippen LogP contribution in [0.4, 0.5) is 5.69 Å². The molecule has 0 unspecified atom stereocenters. The Morgan fingerprint density at radius 2 is 1.50 bits per heavy atom. The van der Waals surface area contributed by atoms with Crippen molar-refractivity contribution in [3.63, 3.8) is 0 Å². The highest BCUT2D eigenvalue weighted by Crippen LogP contribution is 2.44. The van der Waals surface area contributed by atoms with Crippen LogP contribution in [0.25, 0.3) is 0 Å². The molecule has 0 radical (unpaired) electrons. The summed E-state index contributed by atoms with van der Waals surface area (Å²) in [6, 6.07) is 10.2. The lowest BCUT2D eigenvalue weighted by atomic mass is 9.75. The van der Waals surface area contributed by atoms with Crippen LogP contribution < -0.4 is 0 Å². The zero-order chi connectivity index (χ0) is 20.0. The summed E-state index contributed by atoms with van der Waals surface area (Å²) in [6.07, 6.45) is 0. The van der Waals surface area contributed by atoms with Gasteiger partial charge < -0.3 is 4.74 Å². The molecular weight excluding hydrogens is 368 g/mol. The molecule has 1 aliphatic heterocycles. The van der Waals surface area contributed by atoms with E-state index in [0.29, 0.717) is 0 Å². The monoisotopic (exact) mass is 380 g/mol. The summed E-state index contributed by atoms with van der Waals surface area (Å²) in [5, 5.41) is 23.1. The molecule has 0 saturated carbocycles. The maximum Gasteiger partial charge on any atom is 0.273 e. The third-order valence-corrected chi connectivity index (χ3v) is 4.95. The summed E-state index contributed by atoms with van der Waals surface area (Å²) in [5.41, 5.74) is -0.307. The van der Waals surface area contributed by atoms with Crippen LogP contribution >= 0.6 is 0 Å². The number of allylic oxidation sites excluding steroid dienone is 1. The first kappa shape index (κ1) is 17.5. The van der Waals surface area contributed by atoms with E-state index in [-0.39, 0.29) is 33.7 Å². The van der Waals surface area contributed by atoms with E-state index >= 15 is 0 Å². The Kier molecular flexibility index (Phi) is 3.99. The average molecular weight is 380 g/mol. The summed E-state index contributed by atoms with van der Waals surface area (Å²) < 4.78 is 5.35. The molecule has 9 heteroatoms. The number of nitrogens with zero attached hydrogens (tertiary/aromatic N) is 2. The van der Waals surface area contributed by atoms with Crippen LogP contribution in [-0.4, -0.2) is 34.1 Å². The van der Waals surface area contributed by atoms with Crippen molar-refractivity contribution in [2.24, 2.45) is 0 Å². The highest BCUT2D eigenvalue weighted by molar-refractivity contribution is 6.26. The van der Waals surface area contributed by atoms with E-state index in [1.165, 1.54) is 36.4 Å². The van der Waals surface area contributed by atoms with E-state index in [9.17, 15) is 29.8 Å². The van der Waals surface area contributed by atoms with E-state index in [1.54, 1.807) is 12.1 Å². The van der Waals surface area contributed by atoms with Crippen molar-refractivity contribution in [3.05, 3.63) is 96.8 Å². The number of rotatable bonds is 3. The molecule has 0 amide bonds. The van der Waals surface area contributed by atoms with E-state index in [0.717, 1.165) is 0 Å². The lowest BCUT2D eigenvalue weighted by molar-refractivity contribution is -0.530. The number of carbonyl (C=O) groups excluding carboxylic acids is 2. The normalized spacial score (nSPS) is 20.9.